The summed E-state index contributed by atoms with van der Waals surface area (Å²) in [5.41, 5.74) is 1.70. The van der Waals surface area contributed by atoms with Gasteiger partial charge in [0.1, 0.15) is 6.04 Å². The van der Waals surface area contributed by atoms with Gasteiger partial charge in [0, 0.05) is 24.5 Å². The maximum Gasteiger partial charge on any atom is 0.255 e. The number of benzene rings is 1. The van der Waals surface area contributed by atoms with Gasteiger partial charge < -0.3 is 10.2 Å². The summed E-state index contributed by atoms with van der Waals surface area (Å²) >= 11 is 0. The van der Waals surface area contributed by atoms with E-state index >= 15 is 0 Å². The van der Waals surface area contributed by atoms with Crippen molar-refractivity contribution in [3.8, 4) is 0 Å². The lowest BCUT2D eigenvalue weighted by Crippen LogP contribution is -2.45. The molecule has 0 saturated heterocycles. The fraction of sp³-hybridized carbons (Fsp3) is 0.429. The molecule has 1 N–H and O–H groups in total. The molecule has 1 aliphatic carbocycles. The van der Waals surface area contributed by atoms with Crippen LogP contribution in [0, 0.1) is 5.92 Å². The number of hydrogen-bond donors (Lipinski definition) is 1. The van der Waals surface area contributed by atoms with Crippen LogP contribution in [0.3, 0.4) is 0 Å². The maximum absolute atomic E-state index is 13.1. The molecule has 0 radical (unpaired) electrons. The number of fused-ring (bicyclic) bond motifs is 1. The largest absolute Gasteiger partial charge is 0.322 e. The molecule has 1 atom stereocenters. The van der Waals surface area contributed by atoms with Gasteiger partial charge in [-0.25, -0.2) is 4.98 Å². The number of carbonyl (C=O) groups is 2. The highest BCUT2D eigenvalue weighted by Crippen LogP contribution is 2.32. The molecule has 1 aromatic carbocycles. The molecule has 2 aliphatic rings. The van der Waals surface area contributed by atoms with E-state index in [0.717, 1.165) is 18.4 Å². The zero-order valence-corrected chi connectivity index (χ0v) is 15.3. The molecule has 6 heteroatoms. The number of nitrogens with one attached hydrogen (secondary N) is 1. The summed E-state index contributed by atoms with van der Waals surface area (Å²) in [6.07, 6.45) is 11.3. The molecule has 6 nitrogen and oxygen atoms in total. The van der Waals surface area contributed by atoms with Crippen LogP contribution in [0.2, 0.25) is 0 Å². The normalized spacial score (nSPS) is 18.2. The highest BCUT2D eigenvalue weighted by Gasteiger charge is 2.37. The number of hydrogen-bond acceptors (Lipinski definition) is 4. The summed E-state index contributed by atoms with van der Waals surface area (Å²) in [7, 11) is 0. The van der Waals surface area contributed by atoms with Crippen LogP contribution in [0.5, 0.6) is 0 Å². The van der Waals surface area contributed by atoms with Gasteiger partial charge in [0.25, 0.3) is 5.91 Å². The van der Waals surface area contributed by atoms with Gasteiger partial charge in [-0.3, -0.25) is 14.6 Å². The first-order valence-electron chi connectivity index (χ1n) is 9.68. The molecule has 2 amide bonds. The van der Waals surface area contributed by atoms with Crippen LogP contribution >= 0.6 is 0 Å². The van der Waals surface area contributed by atoms with E-state index < -0.39 is 6.04 Å². The minimum atomic E-state index is -0.491. The van der Waals surface area contributed by atoms with Gasteiger partial charge in [-0.2, -0.15) is 0 Å². The monoisotopic (exact) mass is 364 g/mol. The average molecular weight is 364 g/mol. The Balaban J connectivity index is 1.56. The van der Waals surface area contributed by atoms with E-state index in [1.807, 2.05) is 24.3 Å². The Morgan fingerprint density at radius 1 is 1.19 bits per heavy atom. The zero-order chi connectivity index (χ0) is 18.6. The van der Waals surface area contributed by atoms with E-state index in [2.05, 4.69) is 15.3 Å². The van der Waals surface area contributed by atoms with Crippen molar-refractivity contribution in [2.45, 2.75) is 51.1 Å². The quantitative estimate of drug-likeness (QED) is 0.882. The topological polar surface area (TPSA) is 75.2 Å². The molecule has 27 heavy (non-hydrogen) atoms. The lowest BCUT2D eigenvalue weighted by molar-refractivity contribution is -0.121. The van der Waals surface area contributed by atoms with E-state index in [9.17, 15) is 9.59 Å². The number of rotatable bonds is 5. The lowest BCUT2D eigenvalue weighted by Gasteiger charge is -2.31. The number of anilines is 1. The summed E-state index contributed by atoms with van der Waals surface area (Å²) in [6.45, 7) is 0.486. The second-order valence-corrected chi connectivity index (χ2v) is 7.43. The van der Waals surface area contributed by atoms with Gasteiger partial charge in [-0.1, -0.05) is 50.3 Å². The SMILES string of the molecule is O=C(Nc1cnccn1)C(CC1CCCCC1)N1Cc2ccccc2C1=O. The van der Waals surface area contributed by atoms with Gasteiger partial charge in [0.2, 0.25) is 5.91 Å². The maximum atomic E-state index is 13.1. The number of nitrogens with zero attached hydrogens (tertiary/aromatic N) is 3. The van der Waals surface area contributed by atoms with E-state index in [4.69, 9.17) is 0 Å². The van der Waals surface area contributed by atoms with Crippen LogP contribution in [-0.2, 0) is 11.3 Å². The Bertz CT molecular complexity index is 818. The van der Waals surface area contributed by atoms with Crippen molar-refractivity contribution >= 4 is 17.6 Å². The predicted octanol–water partition coefficient (Wildman–Crippen LogP) is 3.41. The van der Waals surface area contributed by atoms with Crippen LogP contribution in [0.4, 0.5) is 5.82 Å². The van der Waals surface area contributed by atoms with Crippen LogP contribution in [0.15, 0.2) is 42.9 Å². The van der Waals surface area contributed by atoms with Crippen LogP contribution in [0.1, 0.15) is 54.4 Å². The van der Waals surface area contributed by atoms with Gasteiger partial charge >= 0.3 is 0 Å². The van der Waals surface area contributed by atoms with Gasteiger partial charge in [-0.05, 0) is 24.0 Å². The zero-order valence-electron chi connectivity index (χ0n) is 15.3. The summed E-state index contributed by atoms with van der Waals surface area (Å²) in [5, 5.41) is 2.85. The Kier molecular flexibility index (Phi) is 5.14. The van der Waals surface area contributed by atoms with Crippen molar-refractivity contribution in [1.82, 2.24) is 14.9 Å². The summed E-state index contributed by atoms with van der Waals surface area (Å²) in [4.78, 5) is 35.9. The van der Waals surface area contributed by atoms with Crippen molar-refractivity contribution in [1.29, 1.82) is 0 Å². The number of carbonyl (C=O) groups excluding carboxylic acids is 2. The first-order chi connectivity index (χ1) is 13.2. The average Bonchev–Trinajstić information content (AvgIpc) is 3.04. The minimum Gasteiger partial charge on any atom is -0.322 e. The lowest BCUT2D eigenvalue weighted by atomic mass is 9.84. The van der Waals surface area contributed by atoms with Crippen LogP contribution in [0.25, 0.3) is 0 Å². The first kappa shape index (κ1) is 17.6. The third-order valence-corrected chi connectivity index (χ3v) is 5.62. The molecule has 1 fully saturated rings. The molecular formula is C21H24N4O2. The fourth-order valence-electron chi connectivity index (χ4n) is 4.22. The second-order valence-electron chi connectivity index (χ2n) is 7.43. The standard InChI is InChI=1S/C21H24N4O2/c26-20(24-19-13-22-10-11-23-19)18(12-15-6-2-1-3-7-15)25-14-16-8-4-5-9-17(16)21(25)27/h4-5,8-11,13,15,18H,1-3,6-7,12,14H2,(H,23,24,26). The fourth-order valence-corrected chi connectivity index (χ4v) is 4.22. The summed E-state index contributed by atoms with van der Waals surface area (Å²) in [5.74, 6) is 0.663. The molecule has 1 unspecified atom stereocenters. The van der Waals surface area contributed by atoms with Crippen LogP contribution < -0.4 is 5.32 Å². The van der Waals surface area contributed by atoms with E-state index in [1.165, 1.54) is 25.5 Å². The summed E-state index contributed by atoms with van der Waals surface area (Å²) < 4.78 is 0. The number of aromatic nitrogens is 2. The van der Waals surface area contributed by atoms with Gasteiger partial charge in [0.05, 0.1) is 6.20 Å². The Labute approximate surface area is 159 Å². The number of amides is 2. The van der Waals surface area contributed by atoms with E-state index in [0.29, 0.717) is 30.3 Å². The molecule has 1 aliphatic heterocycles. The molecule has 0 spiro atoms. The Morgan fingerprint density at radius 2 is 2.00 bits per heavy atom. The second kappa shape index (κ2) is 7.86. The molecular weight excluding hydrogens is 340 g/mol. The molecule has 4 rings (SSSR count). The highest BCUT2D eigenvalue weighted by atomic mass is 16.2. The van der Waals surface area contributed by atoms with E-state index in [1.54, 1.807) is 17.3 Å². The highest BCUT2D eigenvalue weighted by molar-refractivity contribution is 6.03. The van der Waals surface area contributed by atoms with Crippen LogP contribution in [-0.4, -0.2) is 32.7 Å². The molecule has 1 saturated carbocycles. The molecule has 0 bridgehead atoms. The predicted molar refractivity (Wildman–Crippen MR) is 102 cm³/mol. The van der Waals surface area contributed by atoms with Crippen molar-refractivity contribution in [3.05, 3.63) is 54.0 Å². The molecule has 1 aromatic heterocycles. The third kappa shape index (κ3) is 3.84. The molecule has 2 aromatic rings. The first-order valence-corrected chi connectivity index (χ1v) is 9.68. The van der Waals surface area contributed by atoms with Crippen molar-refractivity contribution < 1.29 is 9.59 Å². The molecule has 140 valence electrons. The molecule has 2 heterocycles. The van der Waals surface area contributed by atoms with Crippen molar-refractivity contribution in [2.75, 3.05) is 5.32 Å². The summed E-state index contributed by atoms with van der Waals surface area (Å²) in [6, 6.07) is 7.12. The van der Waals surface area contributed by atoms with Gasteiger partial charge in [0.15, 0.2) is 5.82 Å². The smallest absolute Gasteiger partial charge is 0.255 e. The van der Waals surface area contributed by atoms with Crippen molar-refractivity contribution in [2.24, 2.45) is 5.92 Å². The Hall–Kier alpha value is -2.76. The Morgan fingerprint density at radius 3 is 2.74 bits per heavy atom. The van der Waals surface area contributed by atoms with E-state index in [-0.39, 0.29) is 11.8 Å². The third-order valence-electron chi connectivity index (χ3n) is 5.62. The van der Waals surface area contributed by atoms with Crippen molar-refractivity contribution in [3.63, 3.8) is 0 Å². The minimum absolute atomic E-state index is 0.0549. The van der Waals surface area contributed by atoms with Gasteiger partial charge in [-0.15, -0.1) is 0 Å².